The molecular formula is C13H10ClNO4S. The molecule has 1 aromatic carbocycles. The fourth-order valence-electron chi connectivity index (χ4n) is 1.38. The summed E-state index contributed by atoms with van der Waals surface area (Å²) in [5.41, 5.74) is 0.644. The molecule has 0 bridgehead atoms. The Morgan fingerprint density at radius 3 is 2.50 bits per heavy atom. The van der Waals surface area contributed by atoms with Gasteiger partial charge in [0.2, 0.25) is 11.7 Å². The number of anilines is 1. The fourth-order valence-corrected chi connectivity index (χ4v) is 2.16. The number of carbonyl (C=O) groups is 2. The van der Waals surface area contributed by atoms with Crippen LogP contribution in [-0.2, 0) is 4.79 Å². The summed E-state index contributed by atoms with van der Waals surface area (Å²) in [6.07, 6.45) is 0. The van der Waals surface area contributed by atoms with Crippen LogP contribution in [0.5, 0.6) is 0 Å². The first-order valence-electron chi connectivity index (χ1n) is 5.56. The molecule has 0 aliphatic heterocycles. The third-order valence-electron chi connectivity index (χ3n) is 2.27. The van der Waals surface area contributed by atoms with Crippen molar-refractivity contribution in [3.05, 3.63) is 47.2 Å². The monoisotopic (exact) mass is 311 g/mol. The molecule has 0 aliphatic carbocycles. The smallest absolute Gasteiger partial charge is 0.371 e. The van der Waals surface area contributed by atoms with Crippen LogP contribution < -0.4 is 5.32 Å². The minimum atomic E-state index is -1.14. The molecule has 5 nitrogen and oxygen atoms in total. The first-order valence-corrected chi connectivity index (χ1v) is 6.92. The number of furan rings is 1. The summed E-state index contributed by atoms with van der Waals surface area (Å²) >= 11 is 6.86. The van der Waals surface area contributed by atoms with Gasteiger partial charge >= 0.3 is 5.97 Å². The van der Waals surface area contributed by atoms with E-state index in [-0.39, 0.29) is 17.4 Å². The third-order valence-corrected chi connectivity index (χ3v) is 3.43. The quantitative estimate of drug-likeness (QED) is 0.828. The van der Waals surface area contributed by atoms with Gasteiger partial charge in [0.05, 0.1) is 5.75 Å². The highest BCUT2D eigenvalue weighted by Gasteiger charge is 2.11. The van der Waals surface area contributed by atoms with Crippen molar-refractivity contribution >= 4 is 40.9 Å². The number of aromatic carboxylic acids is 1. The number of carboxylic acids is 1. The van der Waals surface area contributed by atoms with E-state index < -0.39 is 5.97 Å². The summed E-state index contributed by atoms with van der Waals surface area (Å²) in [7, 11) is 0. The first kappa shape index (κ1) is 14.5. The lowest BCUT2D eigenvalue weighted by atomic mass is 10.3. The summed E-state index contributed by atoms with van der Waals surface area (Å²) in [6.45, 7) is 0. The second kappa shape index (κ2) is 6.49. The van der Waals surface area contributed by atoms with Crippen LogP contribution in [0.4, 0.5) is 5.69 Å². The zero-order valence-electron chi connectivity index (χ0n) is 10.1. The summed E-state index contributed by atoms with van der Waals surface area (Å²) in [6, 6.07) is 9.61. The van der Waals surface area contributed by atoms with E-state index in [4.69, 9.17) is 21.1 Å². The molecule has 2 rings (SSSR count). The minimum Gasteiger partial charge on any atom is -0.475 e. The largest absolute Gasteiger partial charge is 0.475 e. The van der Waals surface area contributed by atoms with Gasteiger partial charge in [-0.2, -0.15) is 0 Å². The van der Waals surface area contributed by atoms with Gasteiger partial charge in [-0.05, 0) is 36.4 Å². The van der Waals surface area contributed by atoms with Crippen molar-refractivity contribution in [1.29, 1.82) is 0 Å². The predicted octanol–water partition coefficient (Wildman–Crippen LogP) is 3.36. The van der Waals surface area contributed by atoms with Crippen LogP contribution in [0.3, 0.4) is 0 Å². The topological polar surface area (TPSA) is 79.5 Å². The van der Waals surface area contributed by atoms with Gasteiger partial charge in [-0.25, -0.2) is 4.79 Å². The maximum Gasteiger partial charge on any atom is 0.371 e. The Labute approximate surface area is 123 Å². The molecule has 1 amide bonds. The zero-order chi connectivity index (χ0) is 14.5. The van der Waals surface area contributed by atoms with Crippen molar-refractivity contribution in [1.82, 2.24) is 0 Å². The van der Waals surface area contributed by atoms with Crippen molar-refractivity contribution in [3.8, 4) is 0 Å². The van der Waals surface area contributed by atoms with Crippen LogP contribution in [0.15, 0.2) is 45.9 Å². The lowest BCUT2D eigenvalue weighted by Gasteiger charge is -2.04. The standard InChI is InChI=1S/C13H10ClNO4S/c14-8-1-3-9(4-2-8)15-11(16)7-20-12-6-5-10(19-12)13(17)18/h1-6H,7H2,(H,15,16)(H,17,18). The van der Waals surface area contributed by atoms with E-state index in [0.717, 1.165) is 11.8 Å². The summed E-state index contributed by atoms with van der Waals surface area (Å²) in [4.78, 5) is 22.3. The van der Waals surface area contributed by atoms with Crippen LogP contribution >= 0.6 is 23.4 Å². The lowest BCUT2D eigenvalue weighted by molar-refractivity contribution is -0.113. The molecule has 0 saturated carbocycles. The van der Waals surface area contributed by atoms with Gasteiger partial charge in [0.1, 0.15) is 0 Å². The average molecular weight is 312 g/mol. The van der Waals surface area contributed by atoms with E-state index in [0.29, 0.717) is 15.8 Å². The van der Waals surface area contributed by atoms with Gasteiger partial charge in [-0.3, -0.25) is 4.79 Å². The van der Waals surface area contributed by atoms with Gasteiger partial charge in [0.25, 0.3) is 0 Å². The number of hydrogen-bond donors (Lipinski definition) is 2. The van der Waals surface area contributed by atoms with E-state index in [9.17, 15) is 9.59 Å². The molecule has 2 N–H and O–H groups in total. The molecule has 0 aliphatic rings. The van der Waals surface area contributed by atoms with Gasteiger partial charge in [0, 0.05) is 10.7 Å². The third kappa shape index (κ3) is 4.04. The number of rotatable bonds is 5. The van der Waals surface area contributed by atoms with Gasteiger partial charge in [-0.15, -0.1) is 0 Å². The maximum atomic E-state index is 11.7. The normalized spacial score (nSPS) is 10.2. The molecule has 1 aromatic heterocycles. The SMILES string of the molecule is O=C(CSc1ccc(C(=O)O)o1)Nc1ccc(Cl)cc1. The van der Waals surface area contributed by atoms with Crippen molar-refractivity contribution in [2.24, 2.45) is 0 Å². The summed E-state index contributed by atoms with van der Waals surface area (Å²) in [5.74, 6) is -1.38. The molecule has 0 spiro atoms. The molecule has 1 heterocycles. The van der Waals surface area contributed by atoms with Crippen molar-refractivity contribution in [2.45, 2.75) is 5.09 Å². The highest BCUT2D eigenvalue weighted by atomic mass is 35.5. The van der Waals surface area contributed by atoms with Crippen LogP contribution in [-0.4, -0.2) is 22.7 Å². The Balaban J connectivity index is 1.85. The Morgan fingerprint density at radius 2 is 1.90 bits per heavy atom. The van der Waals surface area contributed by atoms with E-state index >= 15 is 0 Å². The van der Waals surface area contributed by atoms with Gasteiger partial charge in [-0.1, -0.05) is 23.4 Å². The number of hydrogen-bond acceptors (Lipinski definition) is 4. The van der Waals surface area contributed by atoms with Crippen molar-refractivity contribution in [2.75, 3.05) is 11.1 Å². The maximum absolute atomic E-state index is 11.7. The van der Waals surface area contributed by atoms with Crippen molar-refractivity contribution in [3.63, 3.8) is 0 Å². The highest BCUT2D eigenvalue weighted by molar-refractivity contribution is 7.99. The molecular weight excluding hydrogens is 302 g/mol. The molecule has 7 heteroatoms. The number of benzene rings is 1. The van der Waals surface area contributed by atoms with E-state index in [1.54, 1.807) is 24.3 Å². The Morgan fingerprint density at radius 1 is 1.20 bits per heavy atom. The van der Waals surface area contributed by atoms with Crippen molar-refractivity contribution < 1.29 is 19.1 Å². The molecule has 0 radical (unpaired) electrons. The lowest BCUT2D eigenvalue weighted by Crippen LogP contribution is -2.13. The first-order chi connectivity index (χ1) is 9.54. The summed E-state index contributed by atoms with van der Waals surface area (Å²) in [5, 5.41) is 12.4. The fraction of sp³-hybridized carbons (Fsp3) is 0.0769. The molecule has 104 valence electrons. The van der Waals surface area contributed by atoms with E-state index in [1.165, 1.54) is 12.1 Å². The zero-order valence-corrected chi connectivity index (χ0v) is 11.7. The highest BCUT2D eigenvalue weighted by Crippen LogP contribution is 2.21. The number of carbonyl (C=O) groups excluding carboxylic acids is 1. The molecule has 0 atom stereocenters. The van der Waals surface area contributed by atoms with Gasteiger partial charge in [0.15, 0.2) is 5.09 Å². The predicted molar refractivity (Wildman–Crippen MR) is 76.5 cm³/mol. The van der Waals surface area contributed by atoms with Crippen LogP contribution in [0.1, 0.15) is 10.6 Å². The number of amides is 1. The Bertz CT molecular complexity index is 624. The molecule has 20 heavy (non-hydrogen) atoms. The number of thioether (sulfide) groups is 1. The van der Waals surface area contributed by atoms with Crippen LogP contribution in [0.25, 0.3) is 0 Å². The van der Waals surface area contributed by atoms with E-state index in [1.807, 2.05) is 0 Å². The summed E-state index contributed by atoms with van der Waals surface area (Å²) < 4.78 is 5.03. The second-order valence-corrected chi connectivity index (χ2v) is 5.18. The van der Waals surface area contributed by atoms with Crippen LogP contribution in [0, 0.1) is 0 Å². The Kier molecular flexibility index (Phi) is 4.70. The van der Waals surface area contributed by atoms with Crippen LogP contribution in [0.2, 0.25) is 5.02 Å². The number of halogens is 1. The van der Waals surface area contributed by atoms with Gasteiger partial charge < -0.3 is 14.8 Å². The Hall–Kier alpha value is -1.92. The average Bonchev–Trinajstić information content (AvgIpc) is 2.88. The molecule has 0 saturated heterocycles. The number of nitrogens with one attached hydrogen (secondary N) is 1. The molecule has 0 fully saturated rings. The van der Waals surface area contributed by atoms with E-state index in [2.05, 4.69) is 5.32 Å². The number of carboxylic acid groups (broad SMARTS) is 1. The molecule has 2 aromatic rings. The second-order valence-electron chi connectivity index (χ2n) is 3.77. The molecule has 0 unspecified atom stereocenters. The minimum absolute atomic E-state index is 0.120.